The number of anilines is 1. The Morgan fingerprint density at radius 2 is 2.05 bits per heavy atom. The zero-order valence-electron chi connectivity index (χ0n) is 11.0. The Hall–Kier alpha value is -2.56. The molecule has 3 N–H and O–H groups in total. The Morgan fingerprint density at radius 1 is 1.25 bits per heavy atom. The quantitative estimate of drug-likeness (QED) is 0.802. The van der Waals surface area contributed by atoms with Gasteiger partial charge in [-0.05, 0) is 35.9 Å². The van der Waals surface area contributed by atoms with Crippen molar-refractivity contribution in [2.75, 3.05) is 12.4 Å². The third-order valence-corrected chi connectivity index (χ3v) is 2.86. The third-order valence-electron chi connectivity index (χ3n) is 2.86. The smallest absolute Gasteiger partial charge is 0.251 e. The minimum Gasteiger partial charge on any atom is -0.505 e. The Labute approximate surface area is 116 Å². The van der Waals surface area contributed by atoms with Gasteiger partial charge < -0.3 is 15.7 Å². The van der Waals surface area contributed by atoms with E-state index in [0.29, 0.717) is 17.7 Å². The lowest BCUT2D eigenvalue weighted by atomic mass is 10.1. The van der Waals surface area contributed by atoms with E-state index in [-0.39, 0.29) is 11.7 Å². The highest BCUT2D eigenvalue weighted by molar-refractivity contribution is 5.94. The molecule has 0 heterocycles. The highest BCUT2D eigenvalue weighted by Crippen LogP contribution is 2.17. The fourth-order valence-electron chi connectivity index (χ4n) is 1.78. The molecule has 0 unspecified atom stereocenters. The molecule has 104 valence electrons. The number of aromatic hydroxyl groups is 1. The number of carbonyl (C=O) groups excluding carboxylic acids is 1. The van der Waals surface area contributed by atoms with Crippen LogP contribution in [0.4, 0.5) is 10.1 Å². The van der Waals surface area contributed by atoms with Crippen LogP contribution in [0.5, 0.6) is 5.75 Å². The number of amides is 1. The first-order valence-electron chi connectivity index (χ1n) is 6.13. The first-order valence-corrected chi connectivity index (χ1v) is 6.13. The summed E-state index contributed by atoms with van der Waals surface area (Å²) in [6.07, 6.45) is 0. The number of phenolic OH excluding ortho intramolecular Hbond substituents is 1. The predicted octanol–water partition coefficient (Wildman–Crippen LogP) is 2.50. The largest absolute Gasteiger partial charge is 0.505 e. The van der Waals surface area contributed by atoms with Crippen LogP contribution in [-0.2, 0) is 6.54 Å². The van der Waals surface area contributed by atoms with E-state index in [4.69, 9.17) is 5.11 Å². The van der Waals surface area contributed by atoms with Gasteiger partial charge in [0.05, 0.1) is 0 Å². The summed E-state index contributed by atoms with van der Waals surface area (Å²) < 4.78 is 13.2. The monoisotopic (exact) mass is 274 g/mol. The van der Waals surface area contributed by atoms with Crippen LogP contribution in [0.25, 0.3) is 0 Å². The fraction of sp³-hybridized carbons (Fsp3) is 0.133. The molecule has 0 atom stereocenters. The summed E-state index contributed by atoms with van der Waals surface area (Å²) in [5.74, 6) is -1.18. The number of hydrogen-bond donors (Lipinski definition) is 3. The molecule has 0 spiro atoms. The van der Waals surface area contributed by atoms with Crippen molar-refractivity contribution in [1.29, 1.82) is 0 Å². The molecule has 2 aromatic carbocycles. The Bertz CT molecular complexity index is 629. The molecule has 0 aliphatic carbocycles. The van der Waals surface area contributed by atoms with E-state index in [1.807, 2.05) is 6.07 Å². The topological polar surface area (TPSA) is 61.4 Å². The van der Waals surface area contributed by atoms with Crippen molar-refractivity contribution in [3.63, 3.8) is 0 Å². The summed E-state index contributed by atoms with van der Waals surface area (Å²) in [5.41, 5.74) is 2.01. The fourth-order valence-corrected chi connectivity index (χ4v) is 1.78. The second-order valence-corrected chi connectivity index (χ2v) is 4.30. The Kier molecular flexibility index (Phi) is 4.20. The molecule has 20 heavy (non-hydrogen) atoms. The molecule has 0 aliphatic heterocycles. The minimum atomic E-state index is -0.650. The molecule has 2 rings (SSSR count). The van der Waals surface area contributed by atoms with Gasteiger partial charge in [-0.1, -0.05) is 12.1 Å². The summed E-state index contributed by atoms with van der Waals surface area (Å²) in [5, 5.41) is 14.8. The van der Waals surface area contributed by atoms with Gasteiger partial charge in [0.1, 0.15) is 0 Å². The zero-order valence-corrected chi connectivity index (χ0v) is 11.0. The van der Waals surface area contributed by atoms with Crippen molar-refractivity contribution in [2.45, 2.75) is 6.54 Å². The molecule has 1 amide bonds. The highest BCUT2D eigenvalue weighted by Gasteiger charge is 2.04. The van der Waals surface area contributed by atoms with Crippen LogP contribution in [0.1, 0.15) is 15.9 Å². The molecule has 0 saturated heterocycles. The van der Waals surface area contributed by atoms with Crippen molar-refractivity contribution in [3.8, 4) is 5.75 Å². The molecule has 0 fully saturated rings. The van der Waals surface area contributed by atoms with Crippen molar-refractivity contribution in [3.05, 3.63) is 59.4 Å². The van der Waals surface area contributed by atoms with Gasteiger partial charge in [-0.3, -0.25) is 4.79 Å². The highest BCUT2D eigenvalue weighted by atomic mass is 19.1. The predicted molar refractivity (Wildman–Crippen MR) is 75.2 cm³/mol. The summed E-state index contributed by atoms with van der Waals surface area (Å²) in [4.78, 5) is 11.5. The maximum absolute atomic E-state index is 13.2. The minimum absolute atomic E-state index is 0.163. The first-order chi connectivity index (χ1) is 9.60. The van der Waals surface area contributed by atoms with Crippen LogP contribution in [-0.4, -0.2) is 18.1 Å². The van der Waals surface area contributed by atoms with Gasteiger partial charge in [-0.15, -0.1) is 0 Å². The number of carbonyl (C=O) groups is 1. The van der Waals surface area contributed by atoms with Gasteiger partial charge in [0.25, 0.3) is 5.91 Å². The number of nitrogens with one attached hydrogen (secondary N) is 2. The van der Waals surface area contributed by atoms with Crippen LogP contribution < -0.4 is 10.6 Å². The van der Waals surface area contributed by atoms with Crippen molar-refractivity contribution in [1.82, 2.24) is 5.32 Å². The summed E-state index contributed by atoms with van der Waals surface area (Å²) in [6.45, 7) is 0.397. The molecular weight excluding hydrogens is 259 g/mol. The van der Waals surface area contributed by atoms with Gasteiger partial charge in [0.2, 0.25) is 0 Å². The molecule has 5 heteroatoms. The van der Waals surface area contributed by atoms with E-state index >= 15 is 0 Å². The summed E-state index contributed by atoms with van der Waals surface area (Å²) in [6, 6.07) is 11.2. The summed E-state index contributed by atoms with van der Waals surface area (Å²) in [7, 11) is 1.57. The molecule has 2 aromatic rings. The number of phenols is 1. The van der Waals surface area contributed by atoms with Crippen LogP contribution in [0.3, 0.4) is 0 Å². The van der Waals surface area contributed by atoms with Crippen LogP contribution in [0, 0.1) is 5.82 Å². The van der Waals surface area contributed by atoms with Gasteiger partial charge >= 0.3 is 0 Å². The maximum Gasteiger partial charge on any atom is 0.251 e. The number of benzene rings is 2. The van der Waals surface area contributed by atoms with Gasteiger partial charge in [0, 0.05) is 24.8 Å². The summed E-state index contributed by atoms with van der Waals surface area (Å²) >= 11 is 0. The standard InChI is InChI=1S/C15H15FN2O2/c1-17-15(20)11-3-2-4-12(8-11)18-9-10-5-6-14(19)13(16)7-10/h2-8,18-19H,9H2,1H3,(H,17,20). The molecule has 0 aromatic heterocycles. The van der Waals surface area contributed by atoms with Crippen molar-refractivity contribution < 1.29 is 14.3 Å². The lowest BCUT2D eigenvalue weighted by Crippen LogP contribution is -2.17. The third kappa shape index (κ3) is 3.26. The average Bonchev–Trinajstić information content (AvgIpc) is 2.48. The SMILES string of the molecule is CNC(=O)c1cccc(NCc2ccc(O)c(F)c2)c1. The van der Waals surface area contributed by atoms with E-state index in [9.17, 15) is 9.18 Å². The maximum atomic E-state index is 13.2. The lowest BCUT2D eigenvalue weighted by molar-refractivity contribution is 0.0963. The lowest BCUT2D eigenvalue weighted by Gasteiger charge is -2.08. The van der Waals surface area contributed by atoms with Gasteiger partial charge in [0.15, 0.2) is 11.6 Å². The van der Waals surface area contributed by atoms with Crippen LogP contribution in [0.2, 0.25) is 0 Å². The Balaban J connectivity index is 2.07. The zero-order chi connectivity index (χ0) is 14.5. The van der Waals surface area contributed by atoms with Crippen molar-refractivity contribution in [2.24, 2.45) is 0 Å². The van der Waals surface area contributed by atoms with E-state index in [1.54, 1.807) is 31.3 Å². The second-order valence-electron chi connectivity index (χ2n) is 4.30. The van der Waals surface area contributed by atoms with Crippen LogP contribution in [0.15, 0.2) is 42.5 Å². The first kappa shape index (κ1) is 13.9. The van der Waals surface area contributed by atoms with E-state index in [1.165, 1.54) is 12.1 Å². The number of hydrogen-bond acceptors (Lipinski definition) is 3. The van der Waals surface area contributed by atoms with E-state index in [2.05, 4.69) is 10.6 Å². The average molecular weight is 274 g/mol. The molecular formula is C15H15FN2O2. The van der Waals surface area contributed by atoms with Gasteiger partial charge in [-0.25, -0.2) is 4.39 Å². The molecule has 0 saturated carbocycles. The molecule has 0 bridgehead atoms. The van der Waals surface area contributed by atoms with Gasteiger partial charge in [-0.2, -0.15) is 0 Å². The van der Waals surface area contributed by atoms with E-state index in [0.717, 1.165) is 5.69 Å². The molecule has 4 nitrogen and oxygen atoms in total. The van der Waals surface area contributed by atoms with Crippen LogP contribution >= 0.6 is 0 Å². The second kappa shape index (κ2) is 6.06. The molecule has 0 radical (unpaired) electrons. The van der Waals surface area contributed by atoms with E-state index < -0.39 is 5.82 Å². The molecule has 0 aliphatic rings. The number of halogens is 1. The normalized spacial score (nSPS) is 10.1. The number of rotatable bonds is 4. The van der Waals surface area contributed by atoms with Crippen molar-refractivity contribution >= 4 is 11.6 Å². The Morgan fingerprint density at radius 3 is 2.75 bits per heavy atom.